The summed E-state index contributed by atoms with van der Waals surface area (Å²) in [7, 11) is 1.46. The van der Waals surface area contributed by atoms with Crippen LogP contribution in [0.4, 0.5) is 9.18 Å². The summed E-state index contributed by atoms with van der Waals surface area (Å²) in [5, 5.41) is 10.6. The number of carboxylic acids is 1. The molecule has 0 aliphatic rings. The van der Waals surface area contributed by atoms with Gasteiger partial charge in [0.1, 0.15) is 12.4 Å². The third-order valence-electron chi connectivity index (χ3n) is 2.10. The maximum Gasteiger partial charge on any atom is 0.323 e. The molecule has 1 aromatic carbocycles. The zero-order valence-electron chi connectivity index (χ0n) is 9.31. The molecular formula is C11H13FN2O3. The van der Waals surface area contributed by atoms with Gasteiger partial charge in [-0.05, 0) is 6.07 Å². The number of urea groups is 1. The number of hydrogen-bond acceptors (Lipinski definition) is 2. The van der Waals surface area contributed by atoms with Crippen molar-refractivity contribution in [2.24, 2.45) is 0 Å². The molecule has 0 aliphatic carbocycles. The molecule has 0 heterocycles. The van der Waals surface area contributed by atoms with E-state index in [0.717, 1.165) is 0 Å². The fraction of sp³-hybridized carbons (Fsp3) is 0.273. The Hall–Kier alpha value is -2.11. The highest BCUT2D eigenvalue weighted by atomic mass is 19.1. The van der Waals surface area contributed by atoms with Crippen LogP contribution in [0.25, 0.3) is 0 Å². The molecule has 6 heteroatoms. The van der Waals surface area contributed by atoms with Crippen LogP contribution in [0.15, 0.2) is 24.3 Å². The van der Waals surface area contributed by atoms with E-state index in [2.05, 4.69) is 5.32 Å². The Morgan fingerprint density at radius 2 is 2.06 bits per heavy atom. The molecular weight excluding hydrogens is 227 g/mol. The average Bonchev–Trinajstić information content (AvgIpc) is 2.28. The van der Waals surface area contributed by atoms with E-state index in [1.54, 1.807) is 18.2 Å². The van der Waals surface area contributed by atoms with Gasteiger partial charge >= 0.3 is 12.0 Å². The highest BCUT2D eigenvalue weighted by molar-refractivity contribution is 5.79. The van der Waals surface area contributed by atoms with Gasteiger partial charge in [-0.3, -0.25) is 4.79 Å². The van der Waals surface area contributed by atoms with Crippen LogP contribution in [0.2, 0.25) is 0 Å². The Kier molecular flexibility index (Phi) is 4.45. The Labute approximate surface area is 97.8 Å². The van der Waals surface area contributed by atoms with Crippen LogP contribution < -0.4 is 5.32 Å². The van der Waals surface area contributed by atoms with Crippen molar-refractivity contribution in [2.75, 3.05) is 13.6 Å². The minimum Gasteiger partial charge on any atom is -0.480 e. The quantitative estimate of drug-likeness (QED) is 0.826. The molecule has 0 fully saturated rings. The monoisotopic (exact) mass is 240 g/mol. The summed E-state index contributed by atoms with van der Waals surface area (Å²) in [5.41, 5.74) is 0.375. The van der Waals surface area contributed by atoms with Gasteiger partial charge in [0, 0.05) is 19.2 Å². The molecule has 0 unspecified atom stereocenters. The van der Waals surface area contributed by atoms with E-state index in [-0.39, 0.29) is 6.54 Å². The van der Waals surface area contributed by atoms with Gasteiger partial charge in [0.05, 0.1) is 0 Å². The predicted octanol–water partition coefficient (Wildman–Crippen LogP) is 1.05. The lowest BCUT2D eigenvalue weighted by Gasteiger charge is -2.17. The van der Waals surface area contributed by atoms with E-state index in [1.165, 1.54) is 18.0 Å². The van der Waals surface area contributed by atoms with Crippen molar-refractivity contribution in [3.05, 3.63) is 35.6 Å². The number of nitrogens with one attached hydrogen (secondary N) is 1. The number of nitrogens with zero attached hydrogens (tertiary/aromatic N) is 1. The summed E-state index contributed by atoms with van der Waals surface area (Å²) in [6.07, 6.45) is 0. The molecule has 0 aliphatic heterocycles. The van der Waals surface area contributed by atoms with Crippen LogP contribution in [0.3, 0.4) is 0 Å². The van der Waals surface area contributed by atoms with Crippen molar-refractivity contribution < 1.29 is 19.1 Å². The summed E-state index contributed by atoms with van der Waals surface area (Å²) in [5.74, 6) is -1.52. The molecule has 1 rings (SSSR count). The summed E-state index contributed by atoms with van der Waals surface area (Å²) in [6.45, 7) is -0.376. The first kappa shape index (κ1) is 13.0. The SMILES string of the molecule is CN(Cc1ccccc1F)C(=O)NCC(=O)O. The minimum atomic E-state index is -1.13. The van der Waals surface area contributed by atoms with Gasteiger partial charge in [-0.2, -0.15) is 0 Å². The van der Waals surface area contributed by atoms with E-state index in [0.29, 0.717) is 5.56 Å². The van der Waals surface area contributed by atoms with E-state index >= 15 is 0 Å². The van der Waals surface area contributed by atoms with Gasteiger partial charge < -0.3 is 15.3 Å². The van der Waals surface area contributed by atoms with Crippen LogP contribution in [-0.4, -0.2) is 35.6 Å². The molecule has 2 N–H and O–H groups in total. The molecule has 0 aromatic heterocycles. The van der Waals surface area contributed by atoms with Crippen molar-refractivity contribution in [1.82, 2.24) is 10.2 Å². The van der Waals surface area contributed by atoms with E-state index in [4.69, 9.17) is 5.11 Å². The summed E-state index contributed by atoms with van der Waals surface area (Å²) in [4.78, 5) is 22.8. The topological polar surface area (TPSA) is 69.6 Å². The second kappa shape index (κ2) is 5.83. The highest BCUT2D eigenvalue weighted by Gasteiger charge is 2.11. The lowest BCUT2D eigenvalue weighted by Crippen LogP contribution is -2.39. The number of rotatable bonds is 4. The first-order valence-corrected chi connectivity index (χ1v) is 4.95. The molecule has 0 spiro atoms. The lowest BCUT2D eigenvalue weighted by molar-refractivity contribution is -0.135. The second-order valence-corrected chi connectivity index (χ2v) is 3.50. The minimum absolute atomic E-state index is 0.0815. The maximum absolute atomic E-state index is 13.3. The third-order valence-corrected chi connectivity index (χ3v) is 2.10. The van der Waals surface area contributed by atoms with Gasteiger partial charge in [0.2, 0.25) is 0 Å². The first-order chi connectivity index (χ1) is 8.00. The van der Waals surface area contributed by atoms with E-state index in [1.807, 2.05) is 0 Å². The molecule has 0 saturated heterocycles. The molecule has 17 heavy (non-hydrogen) atoms. The molecule has 0 bridgehead atoms. The predicted molar refractivity (Wildman–Crippen MR) is 58.9 cm³/mol. The number of aliphatic carboxylic acids is 1. The van der Waals surface area contributed by atoms with Gasteiger partial charge in [0.15, 0.2) is 0 Å². The summed E-state index contributed by atoms with van der Waals surface area (Å²) >= 11 is 0. The van der Waals surface area contributed by atoms with E-state index in [9.17, 15) is 14.0 Å². The standard InChI is InChI=1S/C11H13FN2O3/c1-14(11(17)13-6-10(15)16)7-8-4-2-3-5-9(8)12/h2-5H,6-7H2,1H3,(H,13,17)(H,15,16). The Morgan fingerprint density at radius 3 is 2.65 bits per heavy atom. The Balaban J connectivity index is 2.54. The number of carbonyl (C=O) groups excluding carboxylic acids is 1. The number of halogens is 1. The zero-order valence-corrected chi connectivity index (χ0v) is 9.31. The maximum atomic E-state index is 13.3. The molecule has 1 aromatic rings. The molecule has 0 radical (unpaired) electrons. The third kappa shape index (κ3) is 4.10. The van der Waals surface area contributed by atoms with Crippen LogP contribution in [0.5, 0.6) is 0 Å². The van der Waals surface area contributed by atoms with Gasteiger partial charge in [-0.1, -0.05) is 18.2 Å². The average molecular weight is 240 g/mol. The van der Waals surface area contributed by atoms with Crippen molar-refractivity contribution in [2.45, 2.75) is 6.54 Å². The molecule has 0 atom stereocenters. The van der Waals surface area contributed by atoms with Crippen LogP contribution in [0, 0.1) is 5.82 Å². The summed E-state index contributed by atoms with van der Waals surface area (Å²) < 4.78 is 13.3. The van der Waals surface area contributed by atoms with Crippen LogP contribution in [-0.2, 0) is 11.3 Å². The molecule has 5 nitrogen and oxygen atoms in total. The number of carbonyl (C=O) groups is 2. The highest BCUT2D eigenvalue weighted by Crippen LogP contribution is 2.08. The summed E-state index contributed by atoms with van der Waals surface area (Å²) in [6, 6.07) is 5.54. The van der Waals surface area contributed by atoms with Crippen molar-refractivity contribution in [3.8, 4) is 0 Å². The number of benzene rings is 1. The smallest absolute Gasteiger partial charge is 0.323 e. The Morgan fingerprint density at radius 1 is 1.41 bits per heavy atom. The molecule has 0 saturated carbocycles. The van der Waals surface area contributed by atoms with Gasteiger partial charge in [0.25, 0.3) is 0 Å². The molecule has 2 amide bonds. The van der Waals surface area contributed by atoms with Crippen molar-refractivity contribution in [1.29, 1.82) is 0 Å². The van der Waals surface area contributed by atoms with Gasteiger partial charge in [-0.15, -0.1) is 0 Å². The van der Waals surface area contributed by atoms with Crippen molar-refractivity contribution in [3.63, 3.8) is 0 Å². The van der Waals surface area contributed by atoms with Crippen LogP contribution >= 0.6 is 0 Å². The fourth-order valence-electron chi connectivity index (χ4n) is 1.24. The van der Waals surface area contributed by atoms with Crippen LogP contribution in [0.1, 0.15) is 5.56 Å². The van der Waals surface area contributed by atoms with Crippen molar-refractivity contribution >= 4 is 12.0 Å². The first-order valence-electron chi connectivity index (χ1n) is 4.95. The Bertz CT molecular complexity index is 423. The lowest BCUT2D eigenvalue weighted by atomic mass is 10.2. The number of amides is 2. The van der Waals surface area contributed by atoms with Gasteiger partial charge in [-0.25, -0.2) is 9.18 Å². The normalized spacial score (nSPS) is 9.76. The second-order valence-electron chi connectivity index (χ2n) is 3.50. The number of carboxylic acid groups (broad SMARTS) is 1. The number of hydrogen-bond donors (Lipinski definition) is 2. The largest absolute Gasteiger partial charge is 0.480 e. The van der Waals surface area contributed by atoms with E-state index < -0.39 is 24.4 Å². The fourth-order valence-corrected chi connectivity index (χ4v) is 1.24. The molecule has 92 valence electrons. The zero-order chi connectivity index (χ0) is 12.8.